The molecular formula is C20H16ClN5O3. The molecule has 0 unspecified atom stereocenters. The Bertz CT molecular complexity index is 1170. The summed E-state index contributed by atoms with van der Waals surface area (Å²) in [7, 11) is 0. The number of halogens is 1. The Kier molecular flexibility index (Phi) is 5.09. The highest BCUT2D eigenvalue weighted by molar-refractivity contribution is 6.33. The third-order valence-corrected chi connectivity index (χ3v) is 4.37. The summed E-state index contributed by atoms with van der Waals surface area (Å²) in [4.78, 5) is 16.8. The Morgan fingerprint density at radius 3 is 2.66 bits per heavy atom. The predicted octanol–water partition coefficient (Wildman–Crippen LogP) is 3.94. The molecule has 4 rings (SSSR count). The monoisotopic (exact) mass is 409 g/mol. The normalized spacial score (nSPS) is 10.9. The van der Waals surface area contributed by atoms with Crippen molar-refractivity contribution in [2.24, 2.45) is 0 Å². The Morgan fingerprint density at radius 2 is 1.93 bits per heavy atom. The molecule has 0 aliphatic carbocycles. The Morgan fingerprint density at radius 1 is 1.14 bits per heavy atom. The number of rotatable bonds is 5. The highest BCUT2D eigenvalue weighted by Crippen LogP contribution is 2.20. The van der Waals surface area contributed by atoms with Crippen LogP contribution in [0.3, 0.4) is 0 Å². The van der Waals surface area contributed by atoms with Crippen molar-refractivity contribution in [1.82, 2.24) is 25.0 Å². The summed E-state index contributed by atoms with van der Waals surface area (Å²) in [6.07, 6.45) is 0. The van der Waals surface area contributed by atoms with E-state index >= 15 is 0 Å². The first-order valence-electron chi connectivity index (χ1n) is 8.76. The number of hydrogen-bond donors (Lipinski definition) is 0. The van der Waals surface area contributed by atoms with Crippen LogP contribution < -0.4 is 0 Å². The first-order chi connectivity index (χ1) is 14.0. The SMILES string of the molecule is Cc1cc(C)n(-c2ccc(Cl)c(C(=O)OCc3nnc(-c4ccccc4)o3)n2)n1. The smallest absolute Gasteiger partial charge is 0.359 e. The van der Waals surface area contributed by atoms with Crippen LogP contribution in [0, 0.1) is 13.8 Å². The van der Waals surface area contributed by atoms with Gasteiger partial charge in [0.25, 0.3) is 5.89 Å². The van der Waals surface area contributed by atoms with Crippen molar-refractivity contribution in [3.63, 3.8) is 0 Å². The van der Waals surface area contributed by atoms with Gasteiger partial charge >= 0.3 is 5.97 Å². The van der Waals surface area contributed by atoms with Gasteiger partial charge in [-0.15, -0.1) is 10.2 Å². The molecule has 0 aliphatic heterocycles. The molecule has 0 saturated heterocycles. The van der Waals surface area contributed by atoms with Gasteiger partial charge in [-0.25, -0.2) is 14.5 Å². The molecule has 3 heterocycles. The lowest BCUT2D eigenvalue weighted by Gasteiger charge is -2.07. The average molecular weight is 410 g/mol. The van der Waals surface area contributed by atoms with Gasteiger partial charge < -0.3 is 9.15 Å². The fraction of sp³-hybridized carbons (Fsp3) is 0.150. The minimum atomic E-state index is -0.696. The quantitative estimate of drug-likeness (QED) is 0.460. The molecule has 1 aromatic carbocycles. The first-order valence-corrected chi connectivity index (χ1v) is 9.14. The van der Waals surface area contributed by atoms with Crippen LogP contribution in [0.25, 0.3) is 17.3 Å². The lowest BCUT2D eigenvalue weighted by atomic mass is 10.2. The fourth-order valence-corrected chi connectivity index (χ4v) is 2.94. The van der Waals surface area contributed by atoms with E-state index in [1.54, 1.807) is 16.8 Å². The largest absolute Gasteiger partial charge is 0.451 e. The summed E-state index contributed by atoms with van der Waals surface area (Å²) in [6.45, 7) is 3.58. The second-order valence-corrected chi connectivity index (χ2v) is 6.69. The second-order valence-electron chi connectivity index (χ2n) is 6.28. The summed E-state index contributed by atoms with van der Waals surface area (Å²) >= 11 is 6.15. The van der Waals surface area contributed by atoms with E-state index in [1.807, 2.05) is 50.2 Å². The van der Waals surface area contributed by atoms with Crippen molar-refractivity contribution in [3.05, 3.63) is 76.5 Å². The Hall–Kier alpha value is -3.52. The van der Waals surface area contributed by atoms with Crippen LogP contribution >= 0.6 is 11.6 Å². The molecular weight excluding hydrogens is 394 g/mol. The van der Waals surface area contributed by atoms with Crippen LogP contribution in [-0.2, 0) is 11.3 Å². The summed E-state index contributed by atoms with van der Waals surface area (Å²) in [5, 5.41) is 12.4. The summed E-state index contributed by atoms with van der Waals surface area (Å²) in [5.74, 6) is 0.288. The van der Waals surface area contributed by atoms with E-state index in [0.29, 0.717) is 11.7 Å². The van der Waals surface area contributed by atoms with Crippen molar-refractivity contribution in [2.45, 2.75) is 20.5 Å². The van der Waals surface area contributed by atoms with Crippen LogP contribution in [0.15, 0.2) is 52.9 Å². The number of ether oxygens (including phenoxy) is 1. The lowest BCUT2D eigenvalue weighted by molar-refractivity contribution is 0.0432. The van der Waals surface area contributed by atoms with Gasteiger partial charge in [-0.2, -0.15) is 5.10 Å². The van der Waals surface area contributed by atoms with E-state index in [9.17, 15) is 4.79 Å². The number of carbonyl (C=O) groups is 1. The minimum Gasteiger partial charge on any atom is -0.451 e. The number of nitrogens with zero attached hydrogens (tertiary/aromatic N) is 5. The number of pyridine rings is 1. The van der Waals surface area contributed by atoms with Gasteiger partial charge in [0, 0.05) is 11.3 Å². The van der Waals surface area contributed by atoms with Gasteiger partial charge in [0.1, 0.15) is 0 Å². The highest BCUT2D eigenvalue weighted by atomic mass is 35.5. The predicted molar refractivity (Wildman–Crippen MR) is 105 cm³/mol. The van der Waals surface area contributed by atoms with Gasteiger partial charge in [-0.3, -0.25) is 0 Å². The molecule has 0 aliphatic rings. The average Bonchev–Trinajstić information content (AvgIpc) is 3.33. The number of hydrogen-bond acceptors (Lipinski definition) is 7. The van der Waals surface area contributed by atoms with E-state index in [0.717, 1.165) is 17.0 Å². The number of benzene rings is 1. The molecule has 9 heteroatoms. The van der Waals surface area contributed by atoms with Crippen LogP contribution in [0.2, 0.25) is 5.02 Å². The zero-order valence-corrected chi connectivity index (χ0v) is 16.4. The van der Waals surface area contributed by atoms with Crippen molar-refractivity contribution in [2.75, 3.05) is 0 Å². The maximum Gasteiger partial charge on any atom is 0.359 e. The Balaban J connectivity index is 1.50. The molecule has 0 bridgehead atoms. The molecule has 0 spiro atoms. The van der Waals surface area contributed by atoms with E-state index in [2.05, 4.69) is 20.3 Å². The number of carbonyl (C=O) groups excluding carboxylic acids is 1. The third-order valence-electron chi connectivity index (χ3n) is 4.07. The molecule has 146 valence electrons. The van der Waals surface area contributed by atoms with Crippen LogP contribution in [0.4, 0.5) is 0 Å². The highest BCUT2D eigenvalue weighted by Gasteiger charge is 2.18. The zero-order chi connectivity index (χ0) is 20.4. The van der Waals surface area contributed by atoms with E-state index in [4.69, 9.17) is 20.8 Å². The number of esters is 1. The van der Waals surface area contributed by atoms with Crippen LogP contribution in [0.1, 0.15) is 27.8 Å². The molecule has 3 aromatic heterocycles. The molecule has 0 fully saturated rings. The lowest BCUT2D eigenvalue weighted by Crippen LogP contribution is -2.11. The van der Waals surface area contributed by atoms with Gasteiger partial charge in [0.15, 0.2) is 18.1 Å². The molecule has 8 nitrogen and oxygen atoms in total. The zero-order valence-electron chi connectivity index (χ0n) is 15.7. The van der Waals surface area contributed by atoms with Crippen molar-refractivity contribution in [1.29, 1.82) is 0 Å². The molecule has 0 saturated carbocycles. The number of aromatic nitrogens is 5. The number of aryl methyl sites for hydroxylation is 2. The first kappa shape index (κ1) is 18.8. The minimum absolute atomic E-state index is 0.0143. The van der Waals surface area contributed by atoms with Crippen LogP contribution in [0.5, 0.6) is 0 Å². The third kappa shape index (κ3) is 4.02. The molecule has 4 aromatic rings. The summed E-state index contributed by atoms with van der Waals surface area (Å²) in [6, 6.07) is 14.5. The standard InChI is InChI=1S/C20H16ClN5O3/c1-12-10-13(2)26(25-12)16-9-8-15(21)18(22-16)20(27)28-11-17-23-24-19(29-17)14-6-4-3-5-7-14/h3-10H,11H2,1-2H3. The Labute approximate surface area is 171 Å². The maximum atomic E-state index is 12.5. The van der Waals surface area contributed by atoms with Crippen LogP contribution in [-0.4, -0.2) is 30.9 Å². The van der Waals surface area contributed by atoms with E-state index in [-0.39, 0.29) is 23.2 Å². The van der Waals surface area contributed by atoms with E-state index in [1.165, 1.54) is 0 Å². The van der Waals surface area contributed by atoms with Crippen molar-refractivity contribution in [3.8, 4) is 17.3 Å². The van der Waals surface area contributed by atoms with Crippen molar-refractivity contribution < 1.29 is 13.9 Å². The topological polar surface area (TPSA) is 95.9 Å². The molecule has 0 amide bonds. The maximum absolute atomic E-state index is 12.5. The van der Waals surface area contributed by atoms with Gasteiger partial charge in [-0.05, 0) is 44.2 Å². The van der Waals surface area contributed by atoms with E-state index < -0.39 is 5.97 Å². The fourth-order valence-electron chi connectivity index (χ4n) is 2.76. The van der Waals surface area contributed by atoms with Crippen molar-refractivity contribution >= 4 is 17.6 Å². The molecule has 29 heavy (non-hydrogen) atoms. The summed E-state index contributed by atoms with van der Waals surface area (Å²) in [5.41, 5.74) is 2.49. The molecule has 0 N–H and O–H groups in total. The molecule has 0 atom stereocenters. The van der Waals surface area contributed by atoms with Gasteiger partial charge in [-0.1, -0.05) is 29.8 Å². The second kappa shape index (κ2) is 7.84. The summed E-state index contributed by atoms with van der Waals surface area (Å²) < 4.78 is 12.4. The molecule has 0 radical (unpaired) electrons. The van der Waals surface area contributed by atoms with Gasteiger partial charge in [0.05, 0.1) is 10.7 Å². The van der Waals surface area contributed by atoms with Gasteiger partial charge in [0.2, 0.25) is 5.89 Å².